The molecule has 0 fully saturated rings. The predicted octanol–water partition coefficient (Wildman–Crippen LogP) is 4.61. The Morgan fingerprint density at radius 1 is 1.10 bits per heavy atom. The molecule has 0 bridgehead atoms. The molecule has 3 heteroatoms. The Morgan fingerprint density at radius 3 is 2.52 bits per heavy atom. The van der Waals surface area contributed by atoms with Crippen LogP contribution in [0.1, 0.15) is 33.5 Å². The van der Waals surface area contributed by atoms with Crippen LogP contribution in [0.15, 0.2) is 46.9 Å². The van der Waals surface area contributed by atoms with Gasteiger partial charge in [0, 0.05) is 10.0 Å². The summed E-state index contributed by atoms with van der Waals surface area (Å²) in [6.45, 7) is 0. The predicted molar refractivity (Wildman–Crippen MR) is 88.1 cm³/mol. The van der Waals surface area contributed by atoms with Crippen molar-refractivity contribution >= 4 is 27.8 Å². The van der Waals surface area contributed by atoms with Gasteiger partial charge in [-0.15, -0.1) is 0 Å². The smallest absolute Gasteiger partial charge is 0.150 e. The molecule has 0 unspecified atom stereocenters. The van der Waals surface area contributed by atoms with E-state index in [0.717, 1.165) is 30.4 Å². The van der Waals surface area contributed by atoms with Crippen molar-refractivity contribution in [1.82, 2.24) is 0 Å². The Hall–Kier alpha value is -1.87. The average molecular weight is 343 g/mol. The maximum atomic E-state index is 10.8. The molecule has 0 atom stereocenters. The van der Waals surface area contributed by atoms with Gasteiger partial charge in [0.1, 0.15) is 12.0 Å². The highest BCUT2D eigenvalue weighted by Gasteiger charge is 2.19. The summed E-state index contributed by atoms with van der Waals surface area (Å²) in [5, 5.41) is 0. The zero-order valence-electron chi connectivity index (χ0n) is 11.7. The van der Waals surface area contributed by atoms with Gasteiger partial charge in [0.05, 0.1) is 7.11 Å². The fourth-order valence-corrected chi connectivity index (χ4v) is 3.34. The molecule has 0 spiro atoms. The van der Waals surface area contributed by atoms with Crippen LogP contribution < -0.4 is 4.74 Å². The molecule has 21 heavy (non-hydrogen) atoms. The molecule has 0 amide bonds. The van der Waals surface area contributed by atoms with Gasteiger partial charge >= 0.3 is 0 Å². The van der Waals surface area contributed by atoms with Crippen molar-refractivity contribution in [1.29, 1.82) is 0 Å². The first-order chi connectivity index (χ1) is 10.2. The molecule has 0 saturated heterocycles. The fourth-order valence-electron chi connectivity index (χ4n) is 2.70. The number of methoxy groups -OCH3 is 1. The number of hydrogen-bond acceptors (Lipinski definition) is 2. The van der Waals surface area contributed by atoms with Gasteiger partial charge in [-0.25, -0.2) is 0 Å². The third-order valence-electron chi connectivity index (χ3n) is 3.80. The van der Waals surface area contributed by atoms with Crippen LogP contribution in [0.5, 0.6) is 5.75 Å². The van der Waals surface area contributed by atoms with Crippen LogP contribution in [-0.2, 0) is 6.42 Å². The first kappa shape index (κ1) is 14.1. The van der Waals surface area contributed by atoms with Gasteiger partial charge in [0.25, 0.3) is 0 Å². The molecule has 2 nitrogen and oxygen atoms in total. The number of benzene rings is 2. The Labute approximate surface area is 132 Å². The number of carbonyl (C=O) groups excluding carboxylic acids is 1. The SMILES string of the molecule is COc1ccc2c(c1)CCC(Br)=C2c1ccc(C=O)cc1. The normalized spacial score (nSPS) is 13.8. The third kappa shape index (κ3) is 2.66. The van der Waals surface area contributed by atoms with Crippen LogP contribution in [0.2, 0.25) is 0 Å². The van der Waals surface area contributed by atoms with E-state index in [4.69, 9.17) is 4.74 Å². The zero-order valence-corrected chi connectivity index (χ0v) is 13.3. The maximum Gasteiger partial charge on any atom is 0.150 e. The van der Waals surface area contributed by atoms with E-state index in [1.165, 1.54) is 21.2 Å². The van der Waals surface area contributed by atoms with E-state index in [0.29, 0.717) is 5.56 Å². The van der Waals surface area contributed by atoms with Crippen LogP contribution in [0, 0.1) is 0 Å². The molecule has 0 radical (unpaired) electrons. The number of fused-ring (bicyclic) bond motifs is 1. The highest BCUT2D eigenvalue weighted by atomic mass is 79.9. The minimum absolute atomic E-state index is 0.696. The molecule has 1 aliphatic rings. The number of aryl methyl sites for hydroxylation is 1. The summed E-state index contributed by atoms with van der Waals surface area (Å²) >= 11 is 3.71. The minimum Gasteiger partial charge on any atom is -0.497 e. The lowest BCUT2D eigenvalue weighted by atomic mass is 9.86. The second kappa shape index (κ2) is 5.86. The van der Waals surface area contributed by atoms with Crippen molar-refractivity contribution in [2.24, 2.45) is 0 Å². The highest BCUT2D eigenvalue weighted by Crippen LogP contribution is 2.39. The first-order valence-corrected chi connectivity index (χ1v) is 7.64. The lowest BCUT2D eigenvalue weighted by Crippen LogP contribution is -2.04. The molecule has 2 aromatic rings. The topological polar surface area (TPSA) is 26.3 Å². The summed E-state index contributed by atoms with van der Waals surface area (Å²) < 4.78 is 6.52. The standard InChI is InChI=1S/C18H15BrO2/c1-21-15-7-8-16-14(10-15)6-9-17(19)18(16)13-4-2-12(11-20)3-5-13/h2-5,7-8,10-11H,6,9H2,1H3. The van der Waals surface area contributed by atoms with Crippen molar-refractivity contribution in [2.75, 3.05) is 7.11 Å². The minimum atomic E-state index is 0.696. The lowest BCUT2D eigenvalue weighted by Gasteiger charge is -2.21. The van der Waals surface area contributed by atoms with Gasteiger partial charge in [-0.1, -0.05) is 46.3 Å². The Bertz CT molecular complexity index is 714. The van der Waals surface area contributed by atoms with Crippen molar-refractivity contribution in [2.45, 2.75) is 12.8 Å². The van der Waals surface area contributed by atoms with Crippen LogP contribution in [0.3, 0.4) is 0 Å². The van der Waals surface area contributed by atoms with E-state index in [9.17, 15) is 4.79 Å². The molecule has 2 aromatic carbocycles. The Morgan fingerprint density at radius 2 is 1.86 bits per heavy atom. The van der Waals surface area contributed by atoms with E-state index in [-0.39, 0.29) is 0 Å². The number of aldehydes is 1. The van der Waals surface area contributed by atoms with Crippen LogP contribution >= 0.6 is 15.9 Å². The zero-order chi connectivity index (χ0) is 14.8. The van der Waals surface area contributed by atoms with Crippen LogP contribution in [0.4, 0.5) is 0 Å². The molecule has 3 rings (SSSR count). The molecule has 0 aliphatic heterocycles. The number of halogens is 1. The third-order valence-corrected chi connectivity index (χ3v) is 4.60. The van der Waals surface area contributed by atoms with Gasteiger partial charge in [-0.3, -0.25) is 4.79 Å². The van der Waals surface area contributed by atoms with Crippen LogP contribution in [0.25, 0.3) is 5.57 Å². The average Bonchev–Trinajstić information content (AvgIpc) is 2.54. The van der Waals surface area contributed by atoms with Crippen molar-refractivity contribution in [3.05, 3.63) is 69.2 Å². The summed E-state index contributed by atoms with van der Waals surface area (Å²) in [6.07, 6.45) is 2.85. The summed E-state index contributed by atoms with van der Waals surface area (Å²) in [5.41, 5.74) is 5.55. The first-order valence-electron chi connectivity index (χ1n) is 6.84. The van der Waals surface area contributed by atoms with Crippen molar-refractivity contribution in [3.8, 4) is 5.75 Å². The monoisotopic (exact) mass is 342 g/mol. The van der Waals surface area contributed by atoms with Gasteiger partial charge in [-0.2, -0.15) is 0 Å². The number of ether oxygens (including phenoxy) is 1. The van der Waals surface area contributed by atoms with E-state index in [1.54, 1.807) is 7.11 Å². The highest BCUT2D eigenvalue weighted by molar-refractivity contribution is 9.11. The molecule has 0 aromatic heterocycles. The van der Waals surface area contributed by atoms with E-state index in [1.807, 2.05) is 30.3 Å². The van der Waals surface area contributed by atoms with Crippen LogP contribution in [-0.4, -0.2) is 13.4 Å². The lowest BCUT2D eigenvalue weighted by molar-refractivity contribution is 0.112. The van der Waals surface area contributed by atoms with Gasteiger partial charge in [0.15, 0.2) is 0 Å². The largest absolute Gasteiger partial charge is 0.497 e. The molecule has 0 heterocycles. The molecule has 106 valence electrons. The number of rotatable bonds is 3. The second-order valence-electron chi connectivity index (χ2n) is 5.04. The Balaban J connectivity index is 2.10. The van der Waals surface area contributed by atoms with E-state index >= 15 is 0 Å². The van der Waals surface area contributed by atoms with Gasteiger partial charge < -0.3 is 4.74 Å². The number of hydrogen-bond donors (Lipinski definition) is 0. The summed E-state index contributed by atoms with van der Waals surface area (Å²) in [7, 11) is 1.69. The fraction of sp³-hybridized carbons (Fsp3) is 0.167. The Kier molecular flexibility index (Phi) is 3.93. The van der Waals surface area contributed by atoms with Crippen molar-refractivity contribution in [3.63, 3.8) is 0 Å². The van der Waals surface area contributed by atoms with Gasteiger partial charge in [0.2, 0.25) is 0 Å². The quantitative estimate of drug-likeness (QED) is 0.761. The maximum absolute atomic E-state index is 10.8. The number of allylic oxidation sites excluding steroid dienone is 1. The molecule has 1 aliphatic carbocycles. The van der Waals surface area contributed by atoms with E-state index in [2.05, 4.69) is 28.1 Å². The summed E-state index contributed by atoms with van der Waals surface area (Å²) in [5.74, 6) is 0.891. The summed E-state index contributed by atoms with van der Waals surface area (Å²) in [4.78, 5) is 10.8. The summed E-state index contributed by atoms with van der Waals surface area (Å²) in [6, 6.07) is 13.9. The van der Waals surface area contributed by atoms with Gasteiger partial charge in [-0.05, 0) is 47.2 Å². The molecule has 0 saturated carbocycles. The number of carbonyl (C=O) groups is 1. The van der Waals surface area contributed by atoms with E-state index < -0.39 is 0 Å². The molecule has 0 N–H and O–H groups in total. The van der Waals surface area contributed by atoms with Crippen molar-refractivity contribution < 1.29 is 9.53 Å². The molecular formula is C18H15BrO2. The molecular weight excluding hydrogens is 328 g/mol. The second-order valence-corrected chi connectivity index (χ2v) is 6.00.